The molecule has 0 aliphatic rings. The lowest BCUT2D eigenvalue weighted by atomic mass is 10.3. The Hall–Kier alpha value is -3.40. The van der Waals surface area contributed by atoms with Crippen LogP contribution in [0.25, 0.3) is 0 Å². The molecule has 272 valence electrons. The molecule has 48 heavy (non-hydrogen) atoms. The maximum absolute atomic E-state index is 5.37. The van der Waals surface area contributed by atoms with Crippen molar-refractivity contribution in [2.24, 2.45) is 28.2 Å². The van der Waals surface area contributed by atoms with E-state index in [1.54, 1.807) is 21.3 Å². The molecule has 0 aliphatic carbocycles. The smallest absolute Gasteiger partial charge is 0.245 e. The predicted molar refractivity (Wildman–Crippen MR) is 180 cm³/mol. The van der Waals surface area contributed by atoms with Gasteiger partial charge in [0.05, 0.1) is 61.2 Å². The number of imidazole rings is 4. The molecule has 0 spiro atoms. The Morgan fingerprint density at radius 2 is 0.938 bits per heavy atom. The van der Waals surface area contributed by atoms with Gasteiger partial charge >= 0.3 is 0 Å². The Labute approximate surface area is 288 Å². The lowest BCUT2D eigenvalue weighted by molar-refractivity contribution is -0.671. The summed E-state index contributed by atoms with van der Waals surface area (Å²) in [4.78, 5) is 0. The molecule has 14 nitrogen and oxygen atoms in total. The molecule has 0 bridgehead atoms. The second-order valence-corrected chi connectivity index (χ2v) is 11.2. The minimum atomic E-state index is 0.368. The summed E-state index contributed by atoms with van der Waals surface area (Å²) in [6, 6.07) is 0. The van der Waals surface area contributed by atoms with E-state index < -0.39 is 0 Å². The third kappa shape index (κ3) is 23.0. The lowest BCUT2D eigenvalue weighted by Gasteiger charge is -1.99. The topological polar surface area (TPSA) is 90.6 Å². The first-order chi connectivity index (χ1) is 23.3. The van der Waals surface area contributed by atoms with Crippen LogP contribution in [0.2, 0.25) is 0 Å². The van der Waals surface area contributed by atoms with Gasteiger partial charge in [-0.1, -0.05) is 6.92 Å². The van der Waals surface area contributed by atoms with E-state index in [2.05, 4.69) is 56.4 Å². The van der Waals surface area contributed by atoms with Crippen LogP contribution < -0.4 is 18.3 Å². The van der Waals surface area contributed by atoms with Gasteiger partial charge in [-0.3, -0.25) is 0 Å². The first-order valence-electron chi connectivity index (χ1n) is 16.5. The van der Waals surface area contributed by atoms with E-state index in [0.29, 0.717) is 33.3 Å². The number of unbranched alkanes of at least 4 members (excludes halogenated alkanes) is 1. The standard InChI is InChI=1S/2C9H17N2O.2C8H15N2O2/c1-10-6-7-11(9-10)5-3-4-8-12-2;1-3-7-12-8-6-11-5-4-10(2)9-11;1-9-3-4-10(7-9)8-12-6-5-11-2;1-9-3-4-10(7-9)5-6-12-8-11-2/h6-7,9H,3-5,8H2,1-2H3;4-5,9H,3,6-8H2,1-2H3;2*3-4,7H,5-6,8H2,1-2H3/q4*+1. The summed E-state index contributed by atoms with van der Waals surface area (Å²) in [5, 5.41) is 0. The number of hydrogen-bond acceptors (Lipinski definition) is 6. The van der Waals surface area contributed by atoms with Crippen LogP contribution in [0.3, 0.4) is 0 Å². The number of nitrogens with zero attached hydrogens (tertiary/aromatic N) is 8. The molecule has 0 saturated heterocycles. The van der Waals surface area contributed by atoms with E-state index in [1.807, 2.05) is 90.1 Å². The number of rotatable bonds is 20. The van der Waals surface area contributed by atoms with Crippen LogP contribution in [0.4, 0.5) is 0 Å². The van der Waals surface area contributed by atoms with Crippen LogP contribution in [-0.4, -0.2) is 86.0 Å². The van der Waals surface area contributed by atoms with Crippen LogP contribution in [0.1, 0.15) is 26.2 Å². The highest BCUT2D eigenvalue weighted by atomic mass is 16.7. The van der Waals surface area contributed by atoms with Crippen molar-refractivity contribution < 1.29 is 46.7 Å². The molecule has 0 atom stereocenters. The van der Waals surface area contributed by atoms with Gasteiger partial charge in [-0.05, 0) is 19.3 Å². The fraction of sp³-hybridized carbons (Fsp3) is 0.647. The van der Waals surface area contributed by atoms with Crippen molar-refractivity contribution in [1.82, 2.24) is 18.3 Å². The normalized spacial score (nSPS) is 10.5. The average Bonchev–Trinajstić information content (AvgIpc) is 3.89. The van der Waals surface area contributed by atoms with E-state index in [4.69, 9.17) is 28.4 Å². The van der Waals surface area contributed by atoms with Crippen molar-refractivity contribution >= 4 is 0 Å². The Bertz CT molecular complexity index is 1080. The molecule has 0 N–H and O–H groups in total. The van der Waals surface area contributed by atoms with Crippen LogP contribution in [0, 0.1) is 0 Å². The van der Waals surface area contributed by atoms with Crippen LogP contribution >= 0.6 is 0 Å². The van der Waals surface area contributed by atoms with E-state index >= 15 is 0 Å². The molecule has 0 fully saturated rings. The molecule has 4 heterocycles. The fourth-order valence-electron chi connectivity index (χ4n) is 4.06. The summed E-state index contributed by atoms with van der Waals surface area (Å²) in [5.74, 6) is 0. The summed E-state index contributed by atoms with van der Waals surface area (Å²) < 4.78 is 46.8. The summed E-state index contributed by atoms with van der Waals surface area (Å²) in [7, 11) is 13.1. The van der Waals surface area contributed by atoms with Gasteiger partial charge in [-0.25, -0.2) is 36.5 Å². The number of aryl methyl sites for hydroxylation is 5. The molecule has 0 amide bonds. The molecule has 4 rings (SSSR count). The molecule has 0 aromatic carbocycles. The van der Waals surface area contributed by atoms with Crippen LogP contribution in [-0.2, 0) is 83.0 Å². The Morgan fingerprint density at radius 3 is 1.38 bits per heavy atom. The molecule has 0 saturated carbocycles. The van der Waals surface area contributed by atoms with Crippen molar-refractivity contribution in [3.8, 4) is 0 Å². The molecule has 0 unspecified atom stereocenters. The SMILES string of the molecule is CCCOCCn1cc[n+](C)c1.COCCCCn1cc[n+](C)c1.COCCOCn1cc[n+](C)c1.COCOCCn1cc[n+](C)c1. The quantitative estimate of drug-likeness (QED) is 0.0796. The first-order valence-corrected chi connectivity index (χ1v) is 16.5. The van der Waals surface area contributed by atoms with E-state index in [0.717, 1.165) is 52.3 Å². The second kappa shape index (κ2) is 28.6. The first kappa shape index (κ1) is 42.6. The maximum atomic E-state index is 5.37. The Morgan fingerprint density at radius 1 is 0.458 bits per heavy atom. The highest BCUT2D eigenvalue weighted by Crippen LogP contribution is 1.94. The van der Waals surface area contributed by atoms with Crippen LogP contribution in [0.5, 0.6) is 0 Å². The van der Waals surface area contributed by atoms with Gasteiger partial charge in [-0.2, -0.15) is 0 Å². The minimum absolute atomic E-state index is 0.368. The number of hydrogen-bond donors (Lipinski definition) is 0. The van der Waals surface area contributed by atoms with Gasteiger partial charge in [-0.15, -0.1) is 0 Å². The number of methoxy groups -OCH3 is 3. The molecule has 14 heteroatoms. The summed E-state index contributed by atoms with van der Waals surface area (Å²) in [6.45, 7) is 10.5. The third-order valence-corrected chi connectivity index (χ3v) is 6.52. The van der Waals surface area contributed by atoms with Crippen molar-refractivity contribution in [2.45, 2.75) is 52.6 Å². The van der Waals surface area contributed by atoms with Gasteiger partial charge < -0.3 is 28.4 Å². The zero-order chi connectivity index (χ0) is 35.2. The second-order valence-electron chi connectivity index (χ2n) is 11.2. The van der Waals surface area contributed by atoms with E-state index in [1.165, 1.54) is 6.42 Å². The van der Waals surface area contributed by atoms with Crippen LogP contribution in [0.15, 0.2) is 74.9 Å². The van der Waals surface area contributed by atoms with Gasteiger partial charge in [0.1, 0.15) is 69.5 Å². The van der Waals surface area contributed by atoms with E-state index in [9.17, 15) is 0 Å². The minimum Gasteiger partial charge on any atom is -0.385 e. The van der Waals surface area contributed by atoms with E-state index in [-0.39, 0.29) is 0 Å². The fourth-order valence-corrected chi connectivity index (χ4v) is 4.06. The monoisotopic (exact) mass is 680 g/mol. The number of ether oxygens (including phenoxy) is 6. The summed E-state index contributed by atoms with van der Waals surface area (Å²) in [5.41, 5.74) is 0. The summed E-state index contributed by atoms with van der Waals surface area (Å²) in [6.07, 6.45) is 27.7. The lowest BCUT2D eigenvalue weighted by Crippen LogP contribution is -2.24. The molecular weight excluding hydrogens is 616 g/mol. The van der Waals surface area contributed by atoms with Crippen molar-refractivity contribution in [2.75, 3.05) is 67.8 Å². The predicted octanol–water partition coefficient (Wildman–Crippen LogP) is 1.34. The maximum Gasteiger partial charge on any atom is 0.245 e. The highest BCUT2D eigenvalue weighted by Gasteiger charge is 2.01. The van der Waals surface area contributed by atoms with Crippen molar-refractivity contribution in [3.05, 3.63) is 74.9 Å². The van der Waals surface area contributed by atoms with Gasteiger partial charge in [0.15, 0.2) is 6.73 Å². The third-order valence-electron chi connectivity index (χ3n) is 6.52. The number of aromatic nitrogens is 8. The molecule has 0 radical (unpaired) electrons. The zero-order valence-electron chi connectivity index (χ0n) is 30.9. The van der Waals surface area contributed by atoms with Crippen molar-refractivity contribution in [3.63, 3.8) is 0 Å². The summed E-state index contributed by atoms with van der Waals surface area (Å²) >= 11 is 0. The van der Waals surface area contributed by atoms with Gasteiger partial charge in [0.25, 0.3) is 0 Å². The molecule has 4 aromatic rings. The van der Waals surface area contributed by atoms with Gasteiger partial charge in [0.2, 0.25) is 25.3 Å². The zero-order valence-corrected chi connectivity index (χ0v) is 30.9. The van der Waals surface area contributed by atoms with Gasteiger partial charge in [0, 0.05) is 34.5 Å². The average molecular weight is 681 g/mol. The largest absolute Gasteiger partial charge is 0.385 e. The Balaban J connectivity index is 0.000000320. The molecule has 4 aromatic heterocycles. The molecule has 0 aliphatic heterocycles. The van der Waals surface area contributed by atoms with Crippen molar-refractivity contribution in [1.29, 1.82) is 0 Å². The Kier molecular flexibility index (Phi) is 25.4. The highest BCUT2D eigenvalue weighted by molar-refractivity contribution is 4.67. The molecular formula is C34H64N8O6+4.